The van der Waals surface area contributed by atoms with E-state index in [-0.39, 0.29) is 54.3 Å². The third kappa shape index (κ3) is 19.0. The first-order valence-corrected chi connectivity index (χ1v) is 29.4. The molecule has 452 valence electrons. The van der Waals surface area contributed by atoms with Crippen LogP contribution in [0.2, 0.25) is 0 Å². The summed E-state index contributed by atoms with van der Waals surface area (Å²) in [5.74, 6) is -8.28. The van der Waals surface area contributed by atoms with E-state index in [0.29, 0.717) is 24.7 Å². The first-order chi connectivity index (χ1) is 38.4. The predicted molar refractivity (Wildman–Crippen MR) is 298 cm³/mol. The third-order valence-corrected chi connectivity index (χ3v) is 16.9. The molecule has 5 rings (SSSR count). The molecule has 2 unspecified atom stereocenters. The molecule has 0 bridgehead atoms. The zero-order chi connectivity index (χ0) is 59.7. The van der Waals surface area contributed by atoms with Gasteiger partial charge >= 0.3 is 0 Å². The number of ketones is 1. The smallest absolute Gasteiger partial charge is 0.248 e. The number of aliphatic hydroxyl groups is 7. The average molecular weight is 1160 g/mol. The lowest BCUT2D eigenvalue weighted by Gasteiger charge is -2.34. The van der Waals surface area contributed by atoms with E-state index in [4.69, 9.17) is 5.73 Å². The number of carbonyl (C=O) groups excluding carboxylic acids is 7. The van der Waals surface area contributed by atoms with Crippen LogP contribution in [0.3, 0.4) is 0 Å². The van der Waals surface area contributed by atoms with Gasteiger partial charge in [0.05, 0.1) is 48.6 Å². The molecule has 24 heteroatoms. The quantitative estimate of drug-likeness (QED) is 0.0723. The first-order valence-electron chi connectivity index (χ1n) is 28.5. The molecule has 6 amide bonds. The van der Waals surface area contributed by atoms with Crippen LogP contribution in [0.1, 0.15) is 136 Å². The number of Topliss-reactive ketones (excluding diaryl/α,β-unsaturated/α-hetero) is 1. The number of phenolic OH excluding ortho intramolecular Hbond substituents is 2. The Hall–Kier alpha value is -5.44. The van der Waals surface area contributed by atoms with Crippen LogP contribution < -0.4 is 27.0 Å². The van der Waals surface area contributed by atoms with Crippen molar-refractivity contribution in [3.63, 3.8) is 0 Å². The van der Waals surface area contributed by atoms with E-state index in [2.05, 4.69) is 42.0 Å². The van der Waals surface area contributed by atoms with Gasteiger partial charge in [-0.1, -0.05) is 95.7 Å². The molecule has 3 aliphatic rings. The summed E-state index contributed by atoms with van der Waals surface area (Å²) in [5, 5.41) is 109. The number of hydrogen-bond acceptors (Lipinski definition) is 18. The maximum absolute atomic E-state index is 14.8. The minimum atomic E-state index is -2.18. The SMILES string of the molecule is CCC(C)CC(C)CCCCCCCCC(=O)N[C@H]1C[C@@H](O)[C@@H](Sc2cccc(O)c2)NC(=O)[C@@H]2[C@@H](O)CCN2C(=O)[C@H]([C@H](O)CCN)NC(=O)[C@H]([C@H](O)[C@@H](O)c2ccc(O)cc2)CC(=O)[C@@H]2C[C@@H](O)CN2C(=O)[C@H]([C@@H](C)O)NC1=O. The molecule has 0 saturated carbocycles. The zero-order valence-corrected chi connectivity index (χ0v) is 47.7. The Morgan fingerprint density at radius 3 is 2.06 bits per heavy atom. The maximum atomic E-state index is 14.8. The van der Waals surface area contributed by atoms with Crippen molar-refractivity contribution in [2.45, 2.75) is 207 Å². The van der Waals surface area contributed by atoms with Crippen molar-refractivity contribution in [2.24, 2.45) is 23.5 Å². The topological polar surface area (TPSA) is 382 Å². The van der Waals surface area contributed by atoms with Gasteiger partial charge in [-0.3, -0.25) is 33.6 Å². The van der Waals surface area contributed by atoms with Gasteiger partial charge in [0, 0.05) is 43.7 Å². The Morgan fingerprint density at radius 2 is 1.41 bits per heavy atom. The van der Waals surface area contributed by atoms with Crippen molar-refractivity contribution in [3.8, 4) is 11.5 Å². The Labute approximate surface area is 477 Å². The average Bonchev–Trinajstić information content (AvgIpc) is 4.17. The highest BCUT2D eigenvalue weighted by Crippen LogP contribution is 2.32. The molecule has 15 N–H and O–H groups in total. The normalized spacial score (nSPS) is 27.9. The number of hydrogen-bond donors (Lipinski definition) is 14. The number of rotatable bonds is 22. The number of carbonyl (C=O) groups is 7. The third-order valence-electron chi connectivity index (χ3n) is 15.7. The van der Waals surface area contributed by atoms with Gasteiger partial charge in [-0.2, -0.15) is 0 Å². The molecule has 0 radical (unpaired) electrons. The van der Waals surface area contributed by atoms with Crippen LogP contribution in [0.5, 0.6) is 11.5 Å². The summed E-state index contributed by atoms with van der Waals surface area (Å²) in [7, 11) is 0. The fraction of sp³-hybridized carbons (Fsp3) is 0.667. The standard InChI is InChI=1S/C57H87N7O16S/c1-5-31(2)25-32(3)13-10-8-6-7-9-11-16-46(73)59-40-29-45(72)55(81-38-15-12-14-36(67)26-38)62-54(78)49-43(70)22-24-63(49)57(80)48(42(69)21-23-58)61-52(76)39(51(75)50(74)34-17-19-35(66)20-18-34)28-44(71)41-27-37(68)30-64(41)56(79)47(33(4)65)60-53(40)77/h12,14-15,17-20,26,31-33,37,39-43,45,47-51,55,65-70,72,74-75H,5-11,13,16,21-25,27-30,58H2,1-4H3,(H,59,73)(H,60,77)(H,61,76)(H,62,78)/t31?,32?,33-,37-,39+,40+,41+,42-,43+,45-,47+,48+,49+,50+,51+,55-/m1/s1. The predicted octanol–water partition coefficient (Wildman–Crippen LogP) is 0.728. The second kappa shape index (κ2) is 31.8. The largest absolute Gasteiger partial charge is 0.508 e. The van der Waals surface area contributed by atoms with Gasteiger partial charge in [-0.05, 0) is 86.9 Å². The van der Waals surface area contributed by atoms with Crippen molar-refractivity contribution in [1.29, 1.82) is 0 Å². The fourth-order valence-electron chi connectivity index (χ4n) is 10.9. The van der Waals surface area contributed by atoms with Crippen LogP contribution >= 0.6 is 11.8 Å². The maximum Gasteiger partial charge on any atom is 0.248 e. The van der Waals surface area contributed by atoms with Gasteiger partial charge in [0.25, 0.3) is 0 Å². The van der Waals surface area contributed by atoms with Crippen LogP contribution in [-0.4, -0.2) is 189 Å². The van der Waals surface area contributed by atoms with Crippen LogP contribution in [0.4, 0.5) is 0 Å². The Morgan fingerprint density at radius 1 is 0.753 bits per heavy atom. The number of thioether (sulfide) groups is 1. The second-order valence-electron chi connectivity index (χ2n) is 22.4. The van der Waals surface area contributed by atoms with Gasteiger partial charge < -0.3 is 82.8 Å². The number of amides is 6. The van der Waals surface area contributed by atoms with E-state index >= 15 is 0 Å². The second-order valence-corrected chi connectivity index (χ2v) is 23.6. The number of benzene rings is 2. The van der Waals surface area contributed by atoms with E-state index < -0.39 is 151 Å². The lowest BCUT2D eigenvalue weighted by molar-refractivity contribution is -0.149. The molecule has 3 fully saturated rings. The molecule has 0 aromatic heterocycles. The molecule has 0 spiro atoms. The summed E-state index contributed by atoms with van der Waals surface area (Å²) in [6.07, 6.45) is -6.40. The van der Waals surface area contributed by atoms with Gasteiger partial charge in [0.2, 0.25) is 35.4 Å². The number of aliphatic hydroxyl groups excluding tert-OH is 7. The summed E-state index contributed by atoms with van der Waals surface area (Å²) in [5.41, 5.74) is 5.77. The fourth-order valence-corrected chi connectivity index (χ4v) is 12.0. The highest BCUT2D eigenvalue weighted by molar-refractivity contribution is 8.00. The molecule has 81 heavy (non-hydrogen) atoms. The molecule has 16 atom stereocenters. The molecule has 3 heterocycles. The Balaban J connectivity index is 1.53. The summed E-state index contributed by atoms with van der Waals surface area (Å²) < 4.78 is 0. The highest BCUT2D eigenvalue weighted by Gasteiger charge is 2.49. The summed E-state index contributed by atoms with van der Waals surface area (Å²) in [4.78, 5) is 104. The zero-order valence-electron chi connectivity index (χ0n) is 46.8. The monoisotopic (exact) mass is 1160 g/mol. The van der Waals surface area contributed by atoms with E-state index in [1.165, 1.54) is 61.9 Å². The molecule has 2 aromatic rings. The Bertz CT molecular complexity index is 2400. The van der Waals surface area contributed by atoms with E-state index in [1.54, 1.807) is 0 Å². The number of aromatic hydroxyl groups is 2. The number of nitrogens with zero attached hydrogens (tertiary/aromatic N) is 2. The lowest BCUT2D eigenvalue weighted by atomic mass is 9.86. The van der Waals surface area contributed by atoms with E-state index in [9.17, 15) is 79.5 Å². The van der Waals surface area contributed by atoms with Crippen molar-refractivity contribution in [2.75, 3.05) is 19.6 Å². The lowest BCUT2D eigenvalue weighted by Crippen LogP contribution is -2.61. The van der Waals surface area contributed by atoms with Gasteiger partial charge in [0.1, 0.15) is 47.1 Å². The van der Waals surface area contributed by atoms with Crippen LogP contribution in [0.25, 0.3) is 0 Å². The summed E-state index contributed by atoms with van der Waals surface area (Å²) in [6.45, 7) is 6.83. The summed E-state index contributed by atoms with van der Waals surface area (Å²) in [6, 6.07) is 1.68. The Kier molecular flexibility index (Phi) is 26.1. The molecule has 23 nitrogen and oxygen atoms in total. The molecular weight excluding hydrogens is 1070 g/mol. The number of nitrogens with two attached hydrogens (primary N) is 1. The molecular formula is C57H87N7O16S. The number of fused-ring (bicyclic) bond motifs is 2. The van der Waals surface area contributed by atoms with Crippen molar-refractivity contribution in [1.82, 2.24) is 31.1 Å². The first kappa shape index (κ1) is 66.4. The van der Waals surface area contributed by atoms with Crippen LogP contribution in [-0.2, 0) is 33.6 Å². The van der Waals surface area contributed by atoms with Crippen LogP contribution in [0.15, 0.2) is 53.4 Å². The molecule has 3 saturated heterocycles. The minimum absolute atomic E-state index is 0.0269. The van der Waals surface area contributed by atoms with Crippen molar-refractivity contribution < 1.29 is 79.5 Å². The van der Waals surface area contributed by atoms with E-state index in [0.717, 1.165) is 60.1 Å². The van der Waals surface area contributed by atoms with Crippen molar-refractivity contribution in [3.05, 3.63) is 54.1 Å². The number of unbranched alkanes of at least 4 members (excludes halogenated alkanes) is 5. The van der Waals surface area contributed by atoms with Gasteiger partial charge in [-0.25, -0.2) is 0 Å². The minimum Gasteiger partial charge on any atom is -0.508 e. The molecule has 3 aliphatic heterocycles. The van der Waals surface area contributed by atoms with Crippen molar-refractivity contribution >= 4 is 53.0 Å². The highest BCUT2D eigenvalue weighted by atomic mass is 32.2. The van der Waals surface area contributed by atoms with Crippen LogP contribution in [0, 0.1) is 17.8 Å². The van der Waals surface area contributed by atoms with Gasteiger partial charge in [-0.15, -0.1) is 0 Å². The van der Waals surface area contributed by atoms with E-state index in [1.807, 2.05) is 0 Å². The number of nitrogens with one attached hydrogen (secondary N) is 4. The number of phenols is 2. The summed E-state index contributed by atoms with van der Waals surface area (Å²) >= 11 is 0.797. The van der Waals surface area contributed by atoms with Gasteiger partial charge in [0.15, 0.2) is 5.78 Å². The molecule has 2 aromatic carbocycles. The molecule has 0 aliphatic carbocycles.